The molecule has 13 heavy (non-hydrogen) atoms. The SMILES string of the molecule is C=CC[C@H](C)C(=O)C(=O)OC(C)C. The molecule has 0 saturated carbocycles. The first kappa shape index (κ1) is 11.9. The van der Waals surface area contributed by atoms with Gasteiger partial charge in [0.15, 0.2) is 0 Å². The number of allylic oxidation sites excluding steroid dienone is 1. The Morgan fingerprint density at radius 3 is 2.31 bits per heavy atom. The third-order valence-electron chi connectivity index (χ3n) is 1.51. The lowest BCUT2D eigenvalue weighted by Crippen LogP contribution is -2.26. The molecule has 0 heterocycles. The van der Waals surface area contributed by atoms with Gasteiger partial charge in [-0.05, 0) is 20.3 Å². The summed E-state index contributed by atoms with van der Waals surface area (Å²) in [6.07, 6.45) is 1.88. The van der Waals surface area contributed by atoms with Gasteiger partial charge in [0, 0.05) is 5.92 Å². The molecule has 1 atom stereocenters. The molecule has 0 fully saturated rings. The largest absolute Gasteiger partial charge is 0.457 e. The van der Waals surface area contributed by atoms with Crippen molar-refractivity contribution in [3.63, 3.8) is 0 Å². The molecule has 0 unspecified atom stereocenters. The number of rotatable bonds is 5. The summed E-state index contributed by atoms with van der Waals surface area (Å²) in [5.74, 6) is -1.55. The average molecular weight is 184 g/mol. The predicted molar refractivity (Wildman–Crippen MR) is 50.2 cm³/mol. The second-order valence-corrected chi connectivity index (χ2v) is 3.24. The molecule has 0 aromatic heterocycles. The average Bonchev–Trinajstić information content (AvgIpc) is 2.02. The van der Waals surface area contributed by atoms with Crippen molar-refractivity contribution in [3.05, 3.63) is 12.7 Å². The van der Waals surface area contributed by atoms with Gasteiger partial charge in [0.2, 0.25) is 5.78 Å². The van der Waals surface area contributed by atoms with Crippen LogP contribution >= 0.6 is 0 Å². The van der Waals surface area contributed by atoms with Crippen molar-refractivity contribution in [1.29, 1.82) is 0 Å². The lowest BCUT2D eigenvalue weighted by atomic mass is 10.0. The Labute approximate surface area is 78.8 Å². The molecule has 0 spiro atoms. The molecule has 0 N–H and O–H groups in total. The molecule has 0 aliphatic heterocycles. The summed E-state index contributed by atoms with van der Waals surface area (Å²) in [6.45, 7) is 8.61. The van der Waals surface area contributed by atoms with Crippen LogP contribution in [0.4, 0.5) is 0 Å². The van der Waals surface area contributed by atoms with E-state index in [1.165, 1.54) is 0 Å². The Hall–Kier alpha value is -1.12. The molecule has 0 aromatic carbocycles. The van der Waals surface area contributed by atoms with Gasteiger partial charge < -0.3 is 4.74 Å². The van der Waals surface area contributed by atoms with Gasteiger partial charge in [-0.25, -0.2) is 4.79 Å². The molecule has 74 valence electrons. The van der Waals surface area contributed by atoms with E-state index in [9.17, 15) is 9.59 Å². The fraction of sp³-hybridized carbons (Fsp3) is 0.600. The Balaban J connectivity index is 4.09. The van der Waals surface area contributed by atoms with Gasteiger partial charge >= 0.3 is 5.97 Å². The number of hydrogen-bond acceptors (Lipinski definition) is 3. The maximum Gasteiger partial charge on any atom is 0.375 e. The van der Waals surface area contributed by atoms with Crippen molar-refractivity contribution in [2.45, 2.75) is 33.3 Å². The van der Waals surface area contributed by atoms with Crippen LogP contribution in [0.1, 0.15) is 27.2 Å². The third kappa shape index (κ3) is 4.45. The number of ketones is 1. The van der Waals surface area contributed by atoms with E-state index in [1.807, 2.05) is 0 Å². The number of hydrogen-bond donors (Lipinski definition) is 0. The Morgan fingerprint density at radius 2 is 1.92 bits per heavy atom. The Morgan fingerprint density at radius 1 is 1.38 bits per heavy atom. The zero-order valence-corrected chi connectivity index (χ0v) is 8.37. The summed E-state index contributed by atoms with van der Waals surface area (Å²) in [4.78, 5) is 22.3. The minimum absolute atomic E-state index is 0.243. The van der Waals surface area contributed by atoms with E-state index >= 15 is 0 Å². The summed E-state index contributed by atoms with van der Waals surface area (Å²) in [7, 11) is 0. The minimum Gasteiger partial charge on any atom is -0.457 e. The highest BCUT2D eigenvalue weighted by Crippen LogP contribution is 2.05. The standard InChI is InChI=1S/C10H16O3/c1-5-6-8(4)9(11)10(12)13-7(2)3/h5,7-8H,1,6H2,2-4H3/t8-/m0/s1. The van der Waals surface area contributed by atoms with Crippen LogP contribution in [0.15, 0.2) is 12.7 Å². The number of carbonyl (C=O) groups excluding carboxylic acids is 2. The quantitative estimate of drug-likeness (QED) is 0.371. The second-order valence-electron chi connectivity index (χ2n) is 3.24. The molecule has 0 radical (unpaired) electrons. The molecular formula is C10H16O3. The van der Waals surface area contributed by atoms with Crippen molar-refractivity contribution in [1.82, 2.24) is 0 Å². The van der Waals surface area contributed by atoms with Crippen LogP contribution in [0.2, 0.25) is 0 Å². The molecule has 0 aliphatic carbocycles. The van der Waals surface area contributed by atoms with Crippen molar-refractivity contribution in [2.24, 2.45) is 5.92 Å². The molecule has 3 heteroatoms. The Bertz CT molecular complexity index is 206. The summed E-state index contributed by atoms with van der Waals surface area (Å²) < 4.78 is 4.76. The van der Waals surface area contributed by atoms with E-state index in [-0.39, 0.29) is 12.0 Å². The van der Waals surface area contributed by atoms with Gasteiger partial charge in [-0.15, -0.1) is 6.58 Å². The first-order valence-electron chi connectivity index (χ1n) is 4.34. The summed E-state index contributed by atoms with van der Waals surface area (Å²) in [5.41, 5.74) is 0. The maximum absolute atomic E-state index is 11.2. The van der Waals surface area contributed by atoms with Crippen molar-refractivity contribution >= 4 is 11.8 Å². The summed E-state index contributed by atoms with van der Waals surface area (Å²) in [5, 5.41) is 0. The lowest BCUT2D eigenvalue weighted by Gasteiger charge is -2.09. The normalized spacial score (nSPS) is 12.3. The number of ether oxygens (including phenoxy) is 1. The van der Waals surface area contributed by atoms with Gasteiger partial charge in [-0.2, -0.15) is 0 Å². The minimum atomic E-state index is -0.746. The molecule has 0 amide bonds. The molecule has 0 aliphatic rings. The fourth-order valence-electron chi connectivity index (χ4n) is 0.830. The third-order valence-corrected chi connectivity index (χ3v) is 1.51. The highest BCUT2D eigenvalue weighted by molar-refractivity contribution is 6.34. The van der Waals surface area contributed by atoms with Gasteiger partial charge in [-0.3, -0.25) is 4.79 Å². The molecular weight excluding hydrogens is 168 g/mol. The molecule has 3 nitrogen and oxygen atoms in total. The number of esters is 1. The second kappa shape index (κ2) is 5.51. The van der Waals surface area contributed by atoms with Crippen molar-refractivity contribution < 1.29 is 14.3 Å². The van der Waals surface area contributed by atoms with Gasteiger partial charge in [0.25, 0.3) is 0 Å². The fourth-order valence-corrected chi connectivity index (χ4v) is 0.830. The van der Waals surface area contributed by atoms with Crippen molar-refractivity contribution in [2.75, 3.05) is 0 Å². The van der Waals surface area contributed by atoms with Gasteiger partial charge in [0.1, 0.15) is 0 Å². The zero-order valence-electron chi connectivity index (χ0n) is 8.37. The zero-order chi connectivity index (χ0) is 10.4. The van der Waals surface area contributed by atoms with E-state index in [0.29, 0.717) is 6.42 Å². The van der Waals surface area contributed by atoms with Crippen LogP contribution in [0.5, 0.6) is 0 Å². The highest BCUT2D eigenvalue weighted by Gasteiger charge is 2.22. The van der Waals surface area contributed by atoms with Crippen LogP contribution in [0.3, 0.4) is 0 Å². The van der Waals surface area contributed by atoms with Gasteiger partial charge in [-0.1, -0.05) is 13.0 Å². The van der Waals surface area contributed by atoms with E-state index in [4.69, 9.17) is 4.74 Å². The van der Waals surface area contributed by atoms with Crippen LogP contribution < -0.4 is 0 Å². The van der Waals surface area contributed by atoms with Crippen LogP contribution in [0.25, 0.3) is 0 Å². The number of Topliss-reactive ketones (excluding diaryl/α,β-unsaturated/α-hetero) is 1. The van der Waals surface area contributed by atoms with Crippen molar-refractivity contribution in [3.8, 4) is 0 Å². The highest BCUT2D eigenvalue weighted by atomic mass is 16.5. The first-order chi connectivity index (χ1) is 5.99. The molecule has 0 aromatic rings. The molecule has 0 saturated heterocycles. The predicted octanol–water partition coefficient (Wildman–Crippen LogP) is 1.72. The molecule has 0 rings (SSSR count). The number of carbonyl (C=O) groups is 2. The van der Waals surface area contributed by atoms with Crippen LogP contribution in [-0.2, 0) is 14.3 Å². The van der Waals surface area contributed by atoms with E-state index in [1.54, 1.807) is 26.8 Å². The smallest absolute Gasteiger partial charge is 0.375 e. The first-order valence-corrected chi connectivity index (χ1v) is 4.34. The van der Waals surface area contributed by atoms with E-state index in [2.05, 4.69) is 6.58 Å². The van der Waals surface area contributed by atoms with Gasteiger partial charge in [0.05, 0.1) is 6.10 Å². The summed E-state index contributed by atoms with van der Waals surface area (Å²) >= 11 is 0. The maximum atomic E-state index is 11.2. The molecule has 0 bridgehead atoms. The monoisotopic (exact) mass is 184 g/mol. The van der Waals surface area contributed by atoms with E-state index < -0.39 is 11.8 Å². The van der Waals surface area contributed by atoms with Crippen LogP contribution in [-0.4, -0.2) is 17.9 Å². The Kier molecular flexibility index (Phi) is 5.04. The van der Waals surface area contributed by atoms with E-state index in [0.717, 1.165) is 0 Å². The summed E-state index contributed by atoms with van der Waals surface area (Å²) in [6, 6.07) is 0. The van der Waals surface area contributed by atoms with Crippen LogP contribution in [0, 0.1) is 5.92 Å². The topological polar surface area (TPSA) is 43.4 Å². The lowest BCUT2D eigenvalue weighted by molar-refractivity contribution is -0.158.